The molecule has 1 aromatic carbocycles. The van der Waals surface area contributed by atoms with E-state index in [1.54, 1.807) is 11.8 Å². The first kappa shape index (κ1) is 13.6. The second-order valence-electron chi connectivity index (χ2n) is 4.35. The molecule has 0 saturated heterocycles. The lowest BCUT2D eigenvalue weighted by atomic mass is 10.1. The lowest BCUT2D eigenvalue weighted by Gasteiger charge is -2.27. The number of nitrogens with one attached hydrogen (secondary N) is 1. The Morgan fingerprint density at radius 3 is 2.75 bits per heavy atom. The third kappa shape index (κ3) is 4.16. The van der Waals surface area contributed by atoms with Gasteiger partial charge in [-0.1, -0.05) is 24.6 Å². The summed E-state index contributed by atoms with van der Waals surface area (Å²) >= 11 is 1.78. The number of thioether (sulfide) groups is 1. The van der Waals surface area contributed by atoms with Crippen molar-refractivity contribution in [3.63, 3.8) is 0 Å². The SMILES string of the molecule is CCNC(C)(CO)CSc1cccc(C)c1. The Hall–Kier alpha value is -0.510. The number of aryl methyl sites for hydroxylation is 1. The van der Waals surface area contributed by atoms with E-state index in [0.29, 0.717) is 0 Å². The van der Waals surface area contributed by atoms with Crippen molar-refractivity contribution < 1.29 is 5.11 Å². The van der Waals surface area contributed by atoms with Crippen molar-refractivity contribution in [3.8, 4) is 0 Å². The number of likely N-dealkylation sites (N-methyl/N-ethyl adjacent to an activating group) is 1. The molecule has 0 amide bonds. The second kappa shape index (κ2) is 6.28. The molecule has 0 aliphatic heterocycles. The van der Waals surface area contributed by atoms with Crippen molar-refractivity contribution in [2.75, 3.05) is 18.9 Å². The van der Waals surface area contributed by atoms with E-state index >= 15 is 0 Å². The van der Waals surface area contributed by atoms with Crippen molar-refractivity contribution in [3.05, 3.63) is 29.8 Å². The molecule has 0 bridgehead atoms. The maximum atomic E-state index is 9.37. The van der Waals surface area contributed by atoms with E-state index < -0.39 is 0 Å². The van der Waals surface area contributed by atoms with Gasteiger partial charge in [-0.25, -0.2) is 0 Å². The van der Waals surface area contributed by atoms with Crippen LogP contribution in [-0.4, -0.2) is 29.5 Å². The molecule has 90 valence electrons. The van der Waals surface area contributed by atoms with Gasteiger partial charge in [-0.3, -0.25) is 0 Å². The molecule has 0 fully saturated rings. The first-order valence-electron chi connectivity index (χ1n) is 5.65. The van der Waals surface area contributed by atoms with Crippen molar-refractivity contribution in [1.82, 2.24) is 5.32 Å². The second-order valence-corrected chi connectivity index (χ2v) is 5.40. The zero-order chi connectivity index (χ0) is 12.0. The van der Waals surface area contributed by atoms with E-state index in [2.05, 4.69) is 50.4 Å². The highest BCUT2D eigenvalue weighted by molar-refractivity contribution is 7.99. The van der Waals surface area contributed by atoms with Crippen LogP contribution >= 0.6 is 11.8 Å². The first-order chi connectivity index (χ1) is 7.59. The molecule has 0 spiro atoms. The average molecular weight is 239 g/mol. The topological polar surface area (TPSA) is 32.3 Å². The number of aliphatic hydroxyl groups is 1. The Morgan fingerprint density at radius 2 is 2.19 bits per heavy atom. The van der Waals surface area contributed by atoms with Crippen LogP contribution in [0.15, 0.2) is 29.2 Å². The molecule has 0 saturated carbocycles. The molecule has 1 aromatic rings. The van der Waals surface area contributed by atoms with Crippen LogP contribution in [0.1, 0.15) is 19.4 Å². The summed E-state index contributed by atoms with van der Waals surface area (Å²) in [5.74, 6) is 0.876. The van der Waals surface area contributed by atoms with Gasteiger partial charge < -0.3 is 10.4 Å². The highest BCUT2D eigenvalue weighted by Crippen LogP contribution is 2.23. The summed E-state index contributed by atoms with van der Waals surface area (Å²) in [5.41, 5.74) is 1.09. The van der Waals surface area contributed by atoms with Crippen LogP contribution in [0.5, 0.6) is 0 Å². The summed E-state index contributed by atoms with van der Waals surface area (Å²) in [4.78, 5) is 1.26. The summed E-state index contributed by atoms with van der Waals surface area (Å²) in [5, 5.41) is 12.7. The maximum absolute atomic E-state index is 9.37. The molecular weight excluding hydrogens is 218 g/mol. The van der Waals surface area contributed by atoms with Gasteiger partial charge in [0.05, 0.1) is 6.61 Å². The molecule has 1 unspecified atom stereocenters. The minimum absolute atomic E-state index is 0.166. The van der Waals surface area contributed by atoms with Crippen molar-refractivity contribution in [2.24, 2.45) is 0 Å². The van der Waals surface area contributed by atoms with E-state index in [0.717, 1.165) is 12.3 Å². The number of rotatable bonds is 6. The molecule has 0 heterocycles. The number of aliphatic hydroxyl groups excluding tert-OH is 1. The summed E-state index contributed by atoms with van der Waals surface area (Å²) in [6.07, 6.45) is 0. The molecule has 3 heteroatoms. The molecule has 2 nitrogen and oxygen atoms in total. The average Bonchev–Trinajstić information content (AvgIpc) is 2.27. The van der Waals surface area contributed by atoms with Gasteiger partial charge in [0, 0.05) is 16.2 Å². The van der Waals surface area contributed by atoms with Crippen LogP contribution in [0.3, 0.4) is 0 Å². The normalized spacial score (nSPS) is 14.8. The van der Waals surface area contributed by atoms with Gasteiger partial charge in [-0.2, -0.15) is 0 Å². The van der Waals surface area contributed by atoms with Crippen LogP contribution < -0.4 is 5.32 Å². The van der Waals surface area contributed by atoms with Crippen LogP contribution in [0.2, 0.25) is 0 Å². The first-order valence-corrected chi connectivity index (χ1v) is 6.63. The fraction of sp³-hybridized carbons (Fsp3) is 0.538. The van der Waals surface area contributed by atoms with E-state index in [-0.39, 0.29) is 12.1 Å². The molecule has 1 rings (SSSR count). The fourth-order valence-corrected chi connectivity index (χ4v) is 2.65. The zero-order valence-corrected chi connectivity index (χ0v) is 11.1. The quantitative estimate of drug-likeness (QED) is 0.748. The minimum Gasteiger partial charge on any atom is -0.394 e. The van der Waals surface area contributed by atoms with Crippen LogP contribution in [0, 0.1) is 6.92 Å². The predicted molar refractivity (Wildman–Crippen MR) is 71.1 cm³/mol. The summed E-state index contributed by atoms with van der Waals surface area (Å²) < 4.78 is 0. The monoisotopic (exact) mass is 239 g/mol. The molecule has 16 heavy (non-hydrogen) atoms. The third-order valence-corrected chi connectivity index (χ3v) is 3.87. The Morgan fingerprint density at radius 1 is 1.44 bits per heavy atom. The Balaban J connectivity index is 2.55. The summed E-state index contributed by atoms with van der Waals surface area (Å²) in [6, 6.07) is 8.45. The lowest BCUT2D eigenvalue weighted by Crippen LogP contribution is -2.47. The van der Waals surface area contributed by atoms with Gasteiger partial charge in [-0.05, 0) is 32.5 Å². The maximum Gasteiger partial charge on any atom is 0.0618 e. The number of benzene rings is 1. The smallest absolute Gasteiger partial charge is 0.0618 e. The third-order valence-electron chi connectivity index (χ3n) is 2.50. The van der Waals surface area contributed by atoms with Crippen molar-refractivity contribution in [2.45, 2.75) is 31.2 Å². The van der Waals surface area contributed by atoms with Crippen molar-refractivity contribution >= 4 is 11.8 Å². The molecule has 0 radical (unpaired) electrons. The highest BCUT2D eigenvalue weighted by atomic mass is 32.2. The molecule has 1 atom stereocenters. The highest BCUT2D eigenvalue weighted by Gasteiger charge is 2.21. The molecule has 0 aliphatic carbocycles. The lowest BCUT2D eigenvalue weighted by molar-refractivity contribution is 0.194. The van der Waals surface area contributed by atoms with Gasteiger partial charge in [0.25, 0.3) is 0 Å². The Labute approximate surface area is 102 Å². The van der Waals surface area contributed by atoms with Crippen LogP contribution in [-0.2, 0) is 0 Å². The molecule has 0 aliphatic rings. The molecular formula is C13H21NOS. The predicted octanol–water partition coefficient (Wildman–Crippen LogP) is 2.45. The minimum atomic E-state index is -0.191. The van der Waals surface area contributed by atoms with E-state index in [1.165, 1.54) is 10.5 Å². The Bertz CT molecular complexity index is 329. The van der Waals surface area contributed by atoms with E-state index in [4.69, 9.17) is 0 Å². The summed E-state index contributed by atoms with van der Waals surface area (Å²) in [7, 11) is 0. The fourth-order valence-electron chi connectivity index (χ4n) is 1.53. The molecule has 2 N–H and O–H groups in total. The van der Waals surface area contributed by atoms with Crippen LogP contribution in [0.4, 0.5) is 0 Å². The van der Waals surface area contributed by atoms with Gasteiger partial charge >= 0.3 is 0 Å². The summed E-state index contributed by atoms with van der Waals surface area (Å²) in [6.45, 7) is 7.26. The standard InChI is InChI=1S/C13H21NOS/c1-4-14-13(3,9-15)10-16-12-7-5-6-11(2)8-12/h5-8,14-15H,4,9-10H2,1-3H3. The van der Waals surface area contributed by atoms with Gasteiger partial charge in [-0.15, -0.1) is 11.8 Å². The van der Waals surface area contributed by atoms with Gasteiger partial charge in [0.2, 0.25) is 0 Å². The zero-order valence-electron chi connectivity index (χ0n) is 10.3. The van der Waals surface area contributed by atoms with Crippen molar-refractivity contribution in [1.29, 1.82) is 0 Å². The largest absolute Gasteiger partial charge is 0.394 e. The Kier molecular flexibility index (Phi) is 5.32. The van der Waals surface area contributed by atoms with E-state index in [1.807, 2.05) is 0 Å². The molecule has 0 aromatic heterocycles. The number of hydrogen-bond donors (Lipinski definition) is 2. The number of hydrogen-bond acceptors (Lipinski definition) is 3. The van der Waals surface area contributed by atoms with E-state index in [9.17, 15) is 5.11 Å². The van der Waals surface area contributed by atoms with Gasteiger partial charge in [0.15, 0.2) is 0 Å². The van der Waals surface area contributed by atoms with Gasteiger partial charge in [0.1, 0.15) is 0 Å². The van der Waals surface area contributed by atoms with Crippen LogP contribution in [0.25, 0.3) is 0 Å².